The normalized spacial score (nSPS) is 22.0. The highest BCUT2D eigenvalue weighted by molar-refractivity contribution is 6.33. The summed E-state index contributed by atoms with van der Waals surface area (Å²) in [5, 5.41) is 12.8. The monoisotopic (exact) mass is 379 g/mol. The van der Waals surface area contributed by atoms with Crippen LogP contribution in [0.1, 0.15) is 24.8 Å². The van der Waals surface area contributed by atoms with Crippen LogP contribution >= 0.6 is 11.6 Å². The predicted molar refractivity (Wildman–Crippen MR) is 97.3 cm³/mol. The van der Waals surface area contributed by atoms with E-state index >= 15 is 0 Å². The van der Waals surface area contributed by atoms with E-state index in [4.69, 9.17) is 11.6 Å². The molecular weight excluding hydrogens is 358 g/mol. The molecule has 1 aromatic carbocycles. The van der Waals surface area contributed by atoms with Crippen molar-refractivity contribution in [2.45, 2.75) is 31.7 Å². The van der Waals surface area contributed by atoms with Crippen molar-refractivity contribution in [3.8, 4) is 0 Å². The Morgan fingerprint density at radius 1 is 1.31 bits per heavy atom. The molecule has 3 rings (SSSR count). The fourth-order valence-corrected chi connectivity index (χ4v) is 4.33. The van der Waals surface area contributed by atoms with E-state index in [0.717, 1.165) is 5.56 Å². The zero-order chi connectivity index (χ0) is 19.1. The van der Waals surface area contributed by atoms with Crippen LogP contribution in [-0.2, 0) is 9.59 Å². The number of carboxylic acids is 1. The van der Waals surface area contributed by atoms with E-state index in [9.17, 15) is 19.5 Å². The number of carboxylic acid groups (broad SMARTS) is 1. The number of benzene rings is 1. The van der Waals surface area contributed by atoms with Gasteiger partial charge in [0.05, 0.1) is 22.2 Å². The summed E-state index contributed by atoms with van der Waals surface area (Å²) >= 11 is 6.16. The standard InChI is InChI=1S/C18H22ClN3O4/c1-11-4-3-5-13(19)15(11)20-17(26)22-8-6-18(7-9-22)12(16(24)25)10-14(23)21(18)2/h3-5,12H,6-10H2,1-2H3,(H,20,26)(H,24,25)/t12-/m0/s1. The van der Waals surface area contributed by atoms with E-state index in [2.05, 4.69) is 5.32 Å². The zero-order valence-electron chi connectivity index (χ0n) is 14.8. The Morgan fingerprint density at radius 2 is 1.96 bits per heavy atom. The van der Waals surface area contributed by atoms with E-state index in [-0.39, 0.29) is 18.4 Å². The SMILES string of the molecule is Cc1cccc(Cl)c1NC(=O)N1CCC2(CC1)[C@H](C(=O)O)CC(=O)N2C. The molecule has 26 heavy (non-hydrogen) atoms. The number of hydrogen-bond donors (Lipinski definition) is 2. The molecule has 2 fully saturated rings. The Hall–Kier alpha value is -2.28. The Morgan fingerprint density at radius 3 is 2.54 bits per heavy atom. The average Bonchev–Trinajstić information content (AvgIpc) is 2.84. The van der Waals surface area contributed by atoms with Gasteiger partial charge in [-0.3, -0.25) is 9.59 Å². The van der Waals surface area contributed by atoms with Crippen LogP contribution in [0.15, 0.2) is 18.2 Å². The number of aliphatic carboxylic acids is 1. The second-order valence-electron chi connectivity index (χ2n) is 7.00. The summed E-state index contributed by atoms with van der Waals surface area (Å²) in [7, 11) is 1.66. The van der Waals surface area contributed by atoms with E-state index in [0.29, 0.717) is 36.6 Å². The minimum Gasteiger partial charge on any atom is -0.481 e. The van der Waals surface area contributed by atoms with Gasteiger partial charge in [0.1, 0.15) is 0 Å². The first-order chi connectivity index (χ1) is 12.3. The van der Waals surface area contributed by atoms with Crippen LogP contribution in [0.25, 0.3) is 0 Å². The highest BCUT2D eigenvalue weighted by atomic mass is 35.5. The topological polar surface area (TPSA) is 90.0 Å². The molecule has 0 unspecified atom stereocenters. The first-order valence-corrected chi connectivity index (χ1v) is 8.94. The van der Waals surface area contributed by atoms with E-state index in [1.807, 2.05) is 19.1 Å². The molecule has 2 aliphatic rings. The van der Waals surface area contributed by atoms with Crippen molar-refractivity contribution in [1.29, 1.82) is 0 Å². The van der Waals surface area contributed by atoms with E-state index in [1.165, 1.54) is 0 Å². The predicted octanol–water partition coefficient (Wildman–Crippen LogP) is 2.58. The minimum absolute atomic E-state index is 0.0247. The first kappa shape index (κ1) is 18.5. The van der Waals surface area contributed by atoms with Gasteiger partial charge in [-0.15, -0.1) is 0 Å². The first-order valence-electron chi connectivity index (χ1n) is 8.57. The molecule has 1 atom stereocenters. The number of nitrogens with zero attached hydrogens (tertiary/aromatic N) is 2. The molecule has 2 aliphatic heterocycles. The largest absolute Gasteiger partial charge is 0.481 e. The van der Waals surface area contributed by atoms with Crippen LogP contribution in [0.5, 0.6) is 0 Å². The summed E-state index contributed by atoms with van der Waals surface area (Å²) in [5.74, 6) is -1.83. The minimum atomic E-state index is -0.952. The van der Waals surface area contributed by atoms with Crippen LogP contribution in [0, 0.1) is 12.8 Å². The van der Waals surface area contributed by atoms with Gasteiger partial charge in [-0.05, 0) is 31.4 Å². The van der Waals surface area contributed by atoms with E-state index < -0.39 is 17.4 Å². The lowest BCUT2D eigenvalue weighted by Crippen LogP contribution is -2.57. The number of piperidine rings is 1. The molecule has 0 saturated carbocycles. The average molecular weight is 380 g/mol. The number of urea groups is 1. The number of carbonyl (C=O) groups is 3. The van der Waals surface area contributed by atoms with Crippen LogP contribution < -0.4 is 5.32 Å². The lowest BCUT2D eigenvalue weighted by Gasteiger charge is -2.45. The van der Waals surface area contributed by atoms with Crippen molar-refractivity contribution in [2.75, 3.05) is 25.5 Å². The van der Waals surface area contributed by atoms with Gasteiger partial charge >= 0.3 is 12.0 Å². The van der Waals surface area contributed by atoms with Crippen molar-refractivity contribution in [3.63, 3.8) is 0 Å². The Labute approximate surface area is 156 Å². The number of aryl methyl sites for hydroxylation is 1. The molecule has 2 N–H and O–H groups in total. The number of halogens is 1. The number of anilines is 1. The summed E-state index contributed by atoms with van der Waals surface area (Å²) in [4.78, 5) is 39.5. The summed E-state index contributed by atoms with van der Waals surface area (Å²) in [6.45, 7) is 2.64. The van der Waals surface area contributed by atoms with Gasteiger partial charge in [0, 0.05) is 26.6 Å². The number of hydrogen-bond acceptors (Lipinski definition) is 3. The summed E-state index contributed by atoms with van der Waals surface area (Å²) in [6.07, 6.45) is 0.916. The quantitative estimate of drug-likeness (QED) is 0.826. The lowest BCUT2D eigenvalue weighted by atomic mass is 9.77. The second-order valence-corrected chi connectivity index (χ2v) is 7.41. The van der Waals surface area contributed by atoms with Crippen LogP contribution in [0.3, 0.4) is 0 Å². The van der Waals surface area contributed by atoms with Gasteiger partial charge in [-0.25, -0.2) is 4.79 Å². The van der Waals surface area contributed by atoms with Gasteiger partial charge in [-0.2, -0.15) is 0 Å². The molecule has 3 amide bonds. The summed E-state index contributed by atoms with van der Waals surface area (Å²) in [5.41, 5.74) is 0.738. The molecule has 0 aliphatic carbocycles. The lowest BCUT2D eigenvalue weighted by molar-refractivity contribution is -0.145. The maximum Gasteiger partial charge on any atom is 0.321 e. The van der Waals surface area contributed by atoms with Gasteiger partial charge < -0.3 is 20.2 Å². The number of rotatable bonds is 2. The van der Waals surface area contributed by atoms with Crippen molar-refractivity contribution in [2.24, 2.45) is 5.92 Å². The highest BCUT2D eigenvalue weighted by Crippen LogP contribution is 2.43. The van der Waals surface area contributed by atoms with Crippen molar-refractivity contribution in [1.82, 2.24) is 9.80 Å². The highest BCUT2D eigenvalue weighted by Gasteiger charge is 2.55. The van der Waals surface area contributed by atoms with Gasteiger partial charge in [0.2, 0.25) is 5.91 Å². The number of para-hydroxylation sites is 1. The van der Waals surface area contributed by atoms with Gasteiger partial charge in [-0.1, -0.05) is 23.7 Å². The fourth-order valence-electron chi connectivity index (χ4n) is 4.06. The number of nitrogens with one attached hydrogen (secondary N) is 1. The molecule has 1 spiro atoms. The zero-order valence-corrected chi connectivity index (χ0v) is 15.5. The van der Waals surface area contributed by atoms with E-state index in [1.54, 1.807) is 22.9 Å². The molecule has 0 radical (unpaired) electrons. The third-order valence-corrected chi connectivity index (χ3v) is 6.05. The van der Waals surface area contributed by atoms with Crippen molar-refractivity contribution >= 4 is 35.2 Å². The Kier molecular flexibility index (Phi) is 4.84. The Bertz CT molecular complexity index is 739. The molecule has 140 valence electrons. The van der Waals surface area contributed by atoms with Gasteiger partial charge in [0.15, 0.2) is 0 Å². The maximum atomic E-state index is 12.6. The second kappa shape index (κ2) is 6.79. The molecule has 2 heterocycles. The summed E-state index contributed by atoms with van der Waals surface area (Å²) < 4.78 is 0. The molecule has 8 heteroatoms. The third kappa shape index (κ3) is 3.00. The molecular formula is C18H22ClN3O4. The molecule has 1 aromatic rings. The molecule has 7 nitrogen and oxygen atoms in total. The van der Waals surface area contributed by atoms with Crippen molar-refractivity contribution in [3.05, 3.63) is 28.8 Å². The summed E-state index contributed by atoms with van der Waals surface area (Å²) in [6, 6.07) is 5.13. The van der Waals surface area contributed by atoms with Gasteiger partial charge in [0.25, 0.3) is 0 Å². The molecule has 2 saturated heterocycles. The number of likely N-dealkylation sites (tertiary alicyclic amines) is 2. The molecule has 0 bridgehead atoms. The third-order valence-electron chi connectivity index (χ3n) is 5.74. The number of amides is 3. The maximum absolute atomic E-state index is 12.6. The Balaban J connectivity index is 1.71. The molecule has 0 aromatic heterocycles. The fraction of sp³-hybridized carbons (Fsp3) is 0.500. The van der Waals surface area contributed by atoms with Crippen LogP contribution in [0.2, 0.25) is 5.02 Å². The number of carbonyl (C=O) groups excluding carboxylic acids is 2. The smallest absolute Gasteiger partial charge is 0.321 e. The van der Waals surface area contributed by atoms with Crippen molar-refractivity contribution < 1.29 is 19.5 Å². The van der Waals surface area contributed by atoms with Crippen LogP contribution in [-0.4, -0.2) is 58.5 Å². The van der Waals surface area contributed by atoms with Crippen LogP contribution in [0.4, 0.5) is 10.5 Å².